The first-order valence-electron chi connectivity index (χ1n) is 9.22. The van der Waals surface area contributed by atoms with Crippen molar-refractivity contribution in [2.24, 2.45) is 4.99 Å². The average molecular weight is 449 g/mol. The molecule has 154 valence electrons. The summed E-state index contributed by atoms with van der Waals surface area (Å²) >= 11 is 2.55. The van der Waals surface area contributed by atoms with Crippen molar-refractivity contribution >= 4 is 51.1 Å². The summed E-state index contributed by atoms with van der Waals surface area (Å²) in [5.41, 5.74) is 2.10. The van der Waals surface area contributed by atoms with Crippen molar-refractivity contribution in [2.75, 3.05) is 6.54 Å². The van der Waals surface area contributed by atoms with Crippen molar-refractivity contribution in [1.29, 1.82) is 0 Å². The molecule has 1 fully saturated rings. The van der Waals surface area contributed by atoms with Crippen LogP contribution in [0.15, 0.2) is 82.5 Å². The summed E-state index contributed by atoms with van der Waals surface area (Å²) < 4.78 is 0. The van der Waals surface area contributed by atoms with E-state index in [0.717, 1.165) is 11.3 Å². The van der Waals surface area contributed by atoms with Crippen LogP contribution in [0.3, 0.4) is 0 Å². The number of carbonyl (C=O) groups is 1. The molecule has 0 N–H and O–H groups in total. The number of amidine groups is 1. The van der Waals surface area contributed by atoms with Gasteiger partial charge in [0, 0.05) is 23.6 Å². The lowest BCUT2D eigenvalue weighted by Gasteiger charge is -2.11. The van der Waals surface area contributed by atoms with Crippen LogP contribution in [-0.2, 0) is 4.79 Å². The third-order valence-electron chi connectivity index (χ3n) is 4.37. The van der Waals surface area contributed by atoms with Crippen molar-refractivity contribution in [3.8, 4) is 11.3 Å². The average Bonchev–Trinajstić information content (AvgIpc) is 3.36. The van der Waals surface area contributed by atoms with E-state index in [2.05, 4.69) is 16.6 Å². The Bertz CT molecular complexity index is 1220. The van der Waals surface area contributed by atoms with Crippen molar-refractivity contribution in [3.63, 3.8) is 0 Å². The summed E-state index contributed by atoms with van der Waals surface area (Å²) in [7, 11) is 0. The quantitative estimate of drug-likeness (QED) is 0.215. The first-order valence-corrected chi connectivity index (χ1v) is 10.9. The van der Waals surface area contributed by atoms with Gasteiger partial charge in [-0.2, -0.15) is 4.99 Å². The van der Waals surface area contributed by atoms with Crippen LogP contribution in [0.5, 0.6) is 0 Å². The first kappa shape index (κ1) is 20.7. The molecular formula is C22H16N4O3S2. The number of aromatic nitrogens is 1. The molecule has 1 saturated heterocycles. The van der Waals surface area contributed by atoms with Crippen LogP contribution in [0.25, 0.3) is 17.3 Å². The van der Waals surface area contributed by atoms with Crippen LogP contribution < -0.4 is 0 Å². The Morgan fingerprint density at radius 2 is 1.90 bits per heavy atom. The Morgan fingerprint density at radius 3 is 2.65 bits per heavy atom. The number of hydrogen-bond acceptors (Lipinski definition) is 7. The maximum Gasteiger partial charge on any atom is 0.276 e. The van der Waals surface area contributed by atoms with Crippen LogP contribution in [0.4, 0.5) is 10.8 Å². The van der Waals surface area contributed by atoms with Gasteiger partial charge >= 0.3 is 0 Å². The summed E-state index contributed by atoms with van der Waals surface area (Å²) in [6.45, 7) is 3.98. The molecule has 0 aliphatic carbocycles. The predicted molar refractivity (Wildman–Crippen MR) is 125 cm³/mol. The number of nitrogens with zero attached hydrogens (tertiary/aromatic N) is 4. The molecule has 0 radical (unpaired) electrons. The van der Waals surface area contributed by atoms with Crippen molar-refractivity contribution in [3.05, 3.63) is 93.2 Å². The third-order valence-corrected chi connectivity index (χ3v) is 6.11. The van der Waals surface area contributed by atoms with Crippen LogP contribution in [-0.4, -0.2) is 32.4 Å². The molecule has 2 heterocycles. The minimum absolute atomic E-state index is 0.0588. The number of para-hydroxylation sites is 1. The summed E-state index contributed by atoms with van der Waals surface area (Å²) in [4.78, 5) is 34.7. The Hall–Kier alpha value is -3.56. The second-order valence-corrected chi connectivity index (χ2v) is 8.25. The second kappa shape index (κ2) is 9.07. The van der Waals surface area contributed by atoms with E-state index in [1.54, 1.807) is 24.3 Å². The monoisotopic (exact) mass is 448 g/mol. The fraction of sp³-hybridized carbons (Fsp3) is 0.0455. The highest BCUT2D eigenvalue weighted by molar-refractivity contribution is 8.18. The number of nitro benzene ring substituents is 1. The van der Waals surface area contributed by atoms with Crippen LogP contribution in [0, 0.1) is 10.1 Å². The largest absolute Gasteiger partial charge is 0.282 e. The number of nitro groups is 1. The van der Waals surface area contributed by atoms with Gasteiger partial charge in [0.1, 0.15) is 0 Å². The number of benzene rings is 2. The van der Waals surface area contributed by atoms with Crippen molar-refractivity contribution in [2.45, 2.75) is 0 Å². The highest BCUT2D eigenvalue weighted by Gasteiger charge is 2.33. The highest BCUT2D eigenvalue weighted by atomic mass is 32.2. The van der Waals surface area contributed by atoms with E-state index in [1.807, 2.05) is 35.7 Å². The molecule has 7 nitrogen and oxygen atoms in total. The van der Waals surface area contributed by atoms with E-state index in [4.69, 9.17) is 0 Å². The van der Waals surface area contributed by atoms with E-state index in [9.17, 15) is 14.9 Å². The van der Waals surface area contributed by atoms with Crippen LogP contribution in [0.1, 0.15) is 5.56 Å². The molecule has 2 aromatic carbocycles. The Balaban J connectivity index is 1.67. The zero-order valence-electron chi connectivity index (χ0n) is 16.2. The number of amides is 1. The standard InChI is InChI=1S/C22H16N4O3S2/c1-2-12-25-20(27)19(13-16-10-6-7-11-18(16)26(28)29)31-22(25)24-21-23-17(14-30-21)15-8-4-3-5-9-15/h2-11,13-14H,1,12H2/b19-13-,24-22+. The van der Waals surface area contributed by atoms with Crippen molar-refractivity contribution in [1.82, 2.24) is 9.88 Å². The second-order valence-electron chi connectivity index (χ2n) is 6.41. The van der Waals surface area contributed by atoms with Gasteiger partial charge in [0.05, 0.1) is 21.1 Å². The molecule has 0 unspecified atom stereocenters. The van der Waals surface area contributed by atoms with Gasteiger partial charge in [-0.25, -0.2) is 4.98 Å². The van der Waals surface area contributed by atoms with Gasteiger partial charge in [0.15, 0.2) is 5.17 Å². The fourth-order valence-corrected chi connectivity index (χ4v) is 4.67. The number of rotatable bonds is 6. The minimum Gasteiger partial charge on any atom is -0.282 e. The molecule has 0 atom stereocenters. The van der Waals surface area contributed by atoms with Crippen molar-refractivity contribution < 1.29 is 9.72 Å². The molecule has 3 aromatic rings. The zero-order valence-corrected chi connectivity index (χ0v) is 17.8. The van der Waals surface area contributed by atoms with E-state index < -0.39 is 4.92 Å². The molecule has 31 heavy (non-hydrogen) atoms. The topological polar surface area (TPSA) is 88.7 Å². The third kappa shape index (κ3) is 4.47. The summed E-state index contributed by atoms with van der Waals surface area (Å²) in [5, 5.41) is 14.2. The van der Waals surface area contributed by atoms with Gasteiger partial charge < -0.3 is 0 Å². The highest BCUT2D eigenvalue weighted by Crippen LogP contribution is 2.36. The minimum atomic E-state index is -0.465. The molecule has 4 rings (SSSR count). The van der Waals surface area contributed by atoms with Gasteiger partial charge in [-0.3, -0.25) is 19.8 Å². The lowest BCUT2D eigenvalue weighted by Crippen LogP contribution is -2.29. The van der Waals surface area contributed by atoms with E-state index in [1.165, 1.54) is 40.1 Å². The molecule has 1 amide bonds. The maximum absolute atomic E-state index is 12.9. The van der Waals surface area contributed by atoms with Gasteiger partial charge in [0.25, 0.3) is 11.6 Å². The smallest absolute Gasteiger partial charge is 0.276 e. The molecule has 1 aromatic heterocycles. The van der Waals surface area contributed by atoms with Crippen LogP contribution in [0.2, 0.25) is 0 Å². The van der Waals surface area contributed by atoms with E-state index in [0.29, 0.717) is 20.8 Å². The van der Waals surface area contributed by atoms with Gasteiger partial charge in [-0.15, -0.1) is 17.9 Å². The Labute approximate surface area is 186 Å². The molecule has 0 saturated carbocycles. The van der Waals surface area contributed by atoms with Gasteiger partial charge in [0.2, 0.25) is 5.13 Å². The number of aliphatic imine (C=N–C) groups is 1. The summed E-state index contributed by atoms with van der Waals surface area (Å²) in [5.74, 6) is -0.276. The fourth-order valence-electron chi connectivity index (χ4n) is 2.94. The maximum atomic E-state index is 12.9. The first-order chi connectivity index (χ1) is 15.1. The predicted octanol–water partition coefficient (Wildman–Crippen LogP) is 5.51. The molecule has 0 spiro atoms. The van der Waals surface area contributed by atoms with Gasteiger partial charge in [-0.05, 0) is 23.9 Å². The molecule has 1 aliphatic heterocycles. The van der Waals surface area contributed by atoms with E-state index >= 15 is 0 Å². The molecule has 1 aliphatic rings. The number of hydrogen-bond donors (Lipinski definition) is 0. The normalized spacial score (nSPS) is 16.3. The molecule has 9 heteroatoms. The SMILES string of the molecule is C=CCN1C(=O)/C(=C/c2ccccc2[N+](=O)[O-])S/C1=N/c1nc(-c2ccccc2)cs1. The van der Waals surface area contributed by atoms with E-state index in [-0.39, 0.29) is 18.1 Å². The zero-order chi connectivity index (χ0) is 21.8. The number of thioether (sulfide) groups is 1. The molecule has 0 bridgehead atoms. The van der Waals surface area contributed by atoms with Crippen LogP contribution >= 0.6 is 23.1 Å². The number of thiazole rings is 1. The lowest BCUT2D eigenvalue weighted by molar-refractivity contribution is -0.385. The summed E-state index contributed by atoms with van der Waals surface area (Å²) in [6.07, 6.45) is 3.14. The number of carbonyl (C=O) groups excluding carboxylic acids is 1. The molecular weight excluding hydrogens is 432 g/mol. The Kier molecular flexibility index (Phi) is 6.06. The Morgan fingerprint density at radius 1 is 1.16 bits per heavy atom. The van der Waals surface area contributed by atoms with Gasteiger partial charge in [-0.1, -0.05) is 48.5 Å². The summed E-state index contributed by atoms with van der Waals surface area (Å²) in [6, 6.07) is 16.1. The lowest BCUT2D eigenvalue weighted by atomic mass is 10.1.